The van der Waals surface area contributed by atoms with Gasteiger partial charge >= 0.3 is 19.8 Å². The summed E-state index contributed by atoms with van der Waals surface area (Å²) in [5, 5.41) is 0. The van der Waals surface area contributed by atoms with Gasteiger partial charge in [0.2, 0.25) is 0 Å². The number of benzene rings is 3. The van der Waals surface area contributed by atoms with Gasteiger partial charge in [-0.25, -0.2) is 9.59 Å². The molecule has 2 aliphatic rings. The van der Waals surface area contributed by atoms with Crippen LogP contribution in [0.3, 0.4) is 0 Å². The largest absolute Gasteiger partial charge is 0.646 e. The van der Waals surface area contributed by atoms with Crippen LogP contribution in [0.25, 0.3) is 0 Å². The number of ether oxygens (including phenoxy) is 2. The van der Waals surface area contributed by atoms with Crippen molar-refractivity contribution in [2.75, 3.05) is 0 Å². The lowest BCUT2D eigenvalue weighted by atomic mass is 9.82. The first kappa shape index (κ1) is 25.4. The Bertz CT molecular complexity index is 1340. The van der Waals surface area contributed by atoms with Crippen LogP contribution >= 0.6 is 7.82 Å². The van der Waals surface area contributed by atoms with Crippen molar-refractivity contribution in [3.63, 3.8) is 0 Å². The number of carbonyl (C=O) groups is 2. The first-order chi connectivity index (χ1) is 18.5. The highest BCUT2D eigenvalue weighted by atomic mass is 31.2. The van der Waals surface area contributed by atoms with E-state index in [1.54, 1.807) is 97.1 Å². The standard InChI is InChI=1S/C29H25O8P/c30-27-20-19-25(34-27)24-17-10-18-26(28(24)29(31)33-21-11-4-1-5-12-21)37-38(32,35-22-13-6-2-7-14-22)36-23-15-8-3-9-16-23/h1-9,11-16,19-20,24-25H,10,17-18H2/t24-,25-/m1/s1. The van der Waals surface area contributed by atoms with E-state index in [-0.39, 0.29) is 29.3 Å². The first-order valence-corrected chi connectivity index (χ1v) is 13.6. The van der Waals surface area contributed by atoms with Gasteiger partial charge in [-0.05, 0) is 55.3 Å². The van der Waals surface area contributed by atoms with Crippen molar-refractivity contribution in [1.82, 2.24) is 0 Å². The molecule has 0 unspecified atom stereocenters. The van der Waals surface area contributed by atoms with E-state index in [1.807, 2.05) is 0 Å². The SMILES string of the molecule is O=C1C=C[C@H]([C@H]2CCCC(OP(=O)(Oc3ccccc3)Oc3ccccc3)=C2C(=O)Oc2ccccc2)O1. The van der Waals surface area contributed by atoms with Crippen LogP contribution in [-0.4, -0.2) is 18.0 Å². The first-order valence-electron chi connectivity index (χ1n) is 12.2. The number of allylic oxidation sites excluding steroid dienone is 1. The number of para-hydroxylation sites is 3. The molecule has 0 radical (unpaired) electrons. The van der Waals surface area contributed by atoms with E-state index >= 15 is 0 Å². The summed E-state index contributed by atoms with van der Waals surface area (Å²) in [4.78, 5) is 25.4. The molecule has 1 aliphatic heterocycles. The summed E-state index contributed by atoms with van der Waals surface area (Å²) in [6.45, 7) is 0. The van der Waals surface area contributed by atoms with Gasteiger partial charge in [0.05, 0.1) is 5.57 Å². The van der Waals surface area contributed by atoms with Crippen molar-refractivity contribution >= 4 is 19.8 Å². The molecule has 5 rings (SSSR count). The summed E-state index contributed by atoms with van der Waals surface area (Å²) in [5.74, 6) is -0.797. The molecular weight excluding hydrogens is 507 g/mol. The van der Waals surface area contributed by atoms with Gasteiger partial charge < -0.3 is 23.0 Å². The van der Waals surface area contributed by atoms with Crippen LogP contribution in [-0.2, 0) is 23.4 Å². The zero-order valence-electron chi connectivity index (χ0n) is 20.3. The number of esters is 2. The van der Waals surface area contributed by atoms with E-state index in [4.69, 9.17) is 23.0 Å². The number of hydrogen-bond acceptors (Lipinski definition) is 8. The summed E-state index contributed by atoms with van der Waals surface area (Å²) in [6.07, 6.45) is 3.62. The molecule has 0 saturated heterocycles. The average molecular weight is 532 g/mol. The summed E-state index contributed by atoms with van der Waals surface area (Å²) >= 11 is 0. The average Bonchev–Trinajstić information content (AvgIpc) is 3.36. The number of carbonyl (C=O) groups excluding carboxylic acids is 2. The fourth-order valence-electron chi connectivity index (χ4n) is 4.32. The Morgan fingerprint density at radius 3 is 1.87 bits per heavy atom. The normalized spacial score (nSPS) is 19.0. The molecule has 1 heterocycles. The molecule has 3 aromatic rings. The number of rotatable bonds is 9. The van der Waals surface area contributed by atoms with E-state index in [2.05, 4.69) is 0 Å². The second kappa shape index (κ2) is 11.4. The third kappa shape index (κ3) is 6.15. The second-order valence-electron chi connectivity index (χ2n) is 8.65. The Balaban J connectivity index is 1.53. The van der Waals surface area contributed by atoms with Crippen LogP contribution in [0.4, 0.5) is 0 Å². The molecule has 8 nitrogen and oxygen atoms in total. The third-order valence-electron chi connectivity index (χ3n) is 5.98. The van der Waals surface area contributed by atoms with E-state index in [1.165, 1.54) is 6.08 Å². The van der Waals surface area contributed by atoms with Crippen LogP contribution in [0.2, 0.25) is 0 Å². The summed E-state index contributed by atoms with van der Waals surface area (Å²) in [6, 6.07) is 25.5. The molecule has 0 saturated carbocycles. The Morgan fingerprint density at radius 2 is 1.34 bits per heavy atom. The summed E-state index contributed by atoms with van der Waals surface area (Å²) < 4.78 is 42.7. The molecule has 0 amide bonds. The minimum absolute atomic E-state index is 0.105. The molecule has 0 aromatic heterocycles. The highest BCUT2D eigenvalue weighted by molar-refractivity contribution is 7.49. The van der Waals surface area contributed by atoms with Gasteiger partial charge in [0.1, 0.15) is 29.1 Å². The zero-order valence-corrected chi connectivity index (χ0v) is 21.2. The van der Waals surface area contributed by atoms with Gasteiger partial charge in [0.25, 0.3) is 0 Å². The molecule has 194 valence electrons. The zero-order chi connectivity index (χ0) is 26.4. The summed E-state index contributed by atoms with van der Waals surface area (Å²) in [5.41, 5.74) is 0.123. The lowest BCUT2D eigenvalue weighted by Gasteiger charge is -2.30. The third-order valence-corrected chi connectivity index (χ3v) is 7.29. The molecule has 2 atom stereocenters. The molecule has 1 aliphatic carbocycles. The maximum Gasteiger partial charge on any atom is 0.646 e. The van der Waals surface area contributed by atoms with Gasteiger partial charge in [-0.1, -0.05) is 54.6 Å². The van der Waals surface area contributed by atoms with Crippen molar-refractivity contribution in [2.24, 2.45) is 5.92 Å². The van der Waals surface area contributed by atoms with E-state index in [0.29, 0.717) is 18.6 Å². The minimum Gasteiger partial charge on any atom is -0.454 e. The van der Waals surface area contributed by atoms with Gasteiger partial charge in [-0.2, -0.15) is 4.57 Å². The van der Waals surface area contributed by atoms with Crippen LogP contribution in [0, 0.1) is 5.92 Å². The Kier molecular flexibility index (Phi) is 7.61. The van der Waals surface area contributed by atoms with Crippen LogP contribution < -0.4 is 13.8 Å². The van der Waals surface area contributed by atoms with Crippen molar-refractivity contribution in [3.8, 4) is 17.2 Å². The maximum absolute atomic E-state index is 14.1. The molecule has 0 N–H and O–H groups in total. The van der Waals surface area contributed by atoms with Crippen molar-refractivity contribution in [1.29, 1.82) is 0 Å². The predicted octanol–water partition coefficient (Wildman–Crippen LogP) is 6.41. The van der Waals surface area contributed by atoms with Gasteiger partial charge in [-0.15, -0.1) is 0 Å². The molecule has 0 bridgehead atoms. The smallest absolute Gasteiger partial charge is 0.454 e. The van der Waals surface area contributed by atoms with Crippen LogP contribution in [0.5, 0.6) is 17.2 Å². The Labute approximate surface area is 220 Å². The number of phosphoric ester groups is 1. The topological polar surface area (TPSA) is 97.4 Å². The van der Waals surface area contributed by atoms with E-state index in [9.17, 15) is 14.2 Å². The fraction of sp³-hybridized carbons (Fsp3) is 0.172. The molecular formula is C29H25O8P. The quantitative estimate of drug-likeness (QED) is 0.177. The van der Waals surface area contributed by atoms with Crippen molar-refractivity contribution in [3.05, 3.63) is 114 Å². The molecule has 0 spiro atoms. The van der Waals surface area contributed by atoms with Crippen molar-refractivity contribution < 1.29 is 37.2 Å². The fourth-order valence-corrected chi connectivity index (χ4v) is 5.65. The number of hydrogen-bond donors (Lipinski definition) is 0. The van der Waals surface area contributed by atoms with E-state index < -0.39 is 31.8 Å². The highest BCUT2D eigenvalue weighted by Crippen LogP contribution is 2.53. The van der Waals surface area contributed by atoms with E-state index in [0.717, 1.165) is 0 Å². The van der Waals surface area contributed by atoms with Gasteiger partial charge in [0.15, 0.2) is 0 Å². The lowest BCUT2D eigenvalue weighted by molar-refractivity contribution is -0.141. The molecule has 3 aromatic carbocycles. The van der Waals surface area contributed by atoms with Crippen LogP contribution in [0.15, 0.2) is 114 Å². The van der Waals surface area contributed by atoms with Gasteiger partial charge in [0, 0.05) is 18.4 Å². The van der Waals surface area contributed by atoms with Crippen molar-refractivity contribution in [2.45, 2.75) is 25.4 Å². The second-order valence-corrected chi connectivity index (χ2v) is 10.1. The number of cyclic esters (lactones) is 1. The number of phosphoric acid groups is 1. The maximum atomic E-state index is 14.1. The highest BCUT2D eigenvalue weighted by Gasteiger charge is 2.42. The summed E-state index contributed by atoms with van der Waals surface area (Å²) in [7, 11) is -4.35. The Hall–Kier alpha value is -4.29. The molecule has 9 heteroatoms. The monoisotopic (exact) mass is 532 g/mol. The molecule has 38 heavy (non-hydrogen) atoms. The predicted molar refractivity (Wildman–Crippen MR) is 138 cm³/mol. The van der Waals surface area contributed by atoms with Gasteiger partial charge in [-0.3, -0.25) is 0 Å². The van der Waals surface area contributed by atoms with Crippen LogP contribution in [0.1, 0.15) is 19.3 Å². The minimum atomic E-state index is -4.35. The Morgan fingerprint density at radius 1 is 0.789 bits per heavy atom. The lowest BCUT2D eigenvalue weighted by Crippen LogP contribution is -2.32. The molecule has 0 fully saturated rings.